The van der Waals surface area contributed by atoms with Gasteiger partial charge in [0.25, 0.3) is 0 Å². The summed E-state index contributed by atoms with van der Waals surface area (Å²) in [4.78, 5) is 14.4. The zero-order valence-electron chi connectivity index (χ0n) is 16.6. The number of aryl methyl sites for hydroxylation is 1. The predicted molar refractivity (Wildman–Crippen MR) is 106 cm³/mol. The van der Waals surface area contributed by atoms with Gasteiger partial charge in [0.15, 0.2) is 0 Å². The van der Waals surface area contributed by atoms with Crippen molar-refractivity contribution in [1.82, 2.24) is 4.90 Å². The number of nitrogens with two attached hydrogens (primary N) is 1. The van der Waals surface area contributed by atoms with Gasteiger partial charge in [0.1, 0.15) is 0 Å². The quantitative estimate of drug-likeness (QED) is 0.783. The summed E-state index contributed by atoms with van der Waals surface area (Å²) in [7, 11) is 0. The largest absolute Gasteiger partial charge is 0.343 e. The highest BCUT2D eigenvalue weighted by Gasteiger charge is 2.24. The number of unbranched alkanes of at least 4 members (excludes halogenated alkanes) is 1. The number of hydrogen-bond acceptors (Lipinski definition) is 2. The van der Waals surface area contributed by atoms with Crippen LogP contribution in [0.2, 0.25) is 0 Å². The van der Waals surface area contributed by atoms with Crippen molar-refractivity contribution in [1.29, 1.82) is 0 Å². The Morgan fingerprint density at radius 1 is 1.16 bits per heavy atom. The first kappa shape index (κ1) is 20.0. The van der Waals surface area contributed by atoms with Gasteiger partial charge in [0.05, 0.1) is 0 Å². The molecule has 1 aliphatic heterocycles. The van der Waals surface area contributed by atoms with Crippen LogP contribution in [0.5, 0.6) is 0 Å². The lowest BCUT2D eigenvalue weighted by atomic mass is 9.86. The maximum atomic E-state index is 12.3. The Morgan fingerprint density at radius 3 is 2.28 bits per heavy atom. The van der Waals surface area contributed by atoms with Gasteiger partial charge in [0.2, 0.25) is 5.91 Å². The summed E-state index contributed by atoms with van der Waals surface area (Å²) < 4.78 is 0. The highest BCUT2D eigenvalue weighted by molar-refractivity contribution is 5.76. The number of nitrogens with zero attached hydrogens (tertiary/aromatic N) is 1. The number of rotatable bonds is 6. The molecule has 1 fully saturated rings. The van der Waals surface area contributed by atoms with Gasteiger partial charge in [-0.25, -0.2) is 0 Å². The molecule has 3 nitrogen and oxygen atoms in total. The third-order valence-corrected chi connectivity index (χ3v) is 5.56. The van der Waals surface area contributed by atoms with Gasteiger partial charge < -0.3 is 10.6 Å². The first-order valence-electron chi connectivity index (χ1n) is 9.90. The minimum Gasteiger partial charge on any atom is -0.343 e. The summed E-state index contributed by atoms with van der Waals surface area (Å²) in [5, 5.41) is 0. The second-order valence-electron chi connectivity index (χ2n) is 8.73. The summed E-state index contributed by atoms with van der Waals surface area (Å²) in [5.74, 6) is 0.909. The van der Waals surface area contributed by atoms with E-state index in [-0.39, 0.29) is 11.5 Å². The number of carbonyl (C=O) groups excluding carboxylic acids is 1. The lowest BCUT2D eigenvalue weighted by molar-refractivity contribution is -0.132. The molecule has 1 heterocycles. The molecule has 1 aromatic rings. The van der Waals surface area contributed by atoms with Crippen LogP contribution in [0.1, 0.15) is 70.9 Å². The Labute approximate surface area is 154 Å². The van der Waals surface area contributed by atoms with E-state index in [1.165, 1.54) is 11.1 Å². The van der Waals surface area contributed by atoms with Crippen molar-refractivity contribution >= 4 is 5.91 Å². The second-order valence-corrected chi connectivity index (χ2v) is 8.73. The summed E-state index contributed by atoms with van der Waals surface area (Å²) in [6, 6.07) is 9.20. The maximum Gasteiger partial charge on any atom is 0.222 e. The molecule has 3 heteroatoms. The Morgan fingerprint density at radius 2 is 1.76 bits per heavy atom. The summed E-state index contributed by atoms with van der Waals surface area (Å²) >= 11 is 0. The van der Waals surface area contributed by atoms with Crippen LogP contribution in [-0.4, -0.2) is 29.9 Å². The van der Waals surface area contributed by atoms with Gasteiger partial charge in [-0.15, -0.1) is 0 Å². The highest BCUT2D eigenvalue weighted by Crippen LogP contribution is 2.23. The van der Waals surface area contributed by atoms with Gasteiger partial charge in [0, 0.05) is 25.6 Å². The molecule has 1 amide bonds. The van der Waals surface area contributed by atoms with E-state index in [0.717, 1.165) is 45.2 Å². The number of likely N-dealkylation sites (tertiary alicyclic amines) is 1. The minimum absolute atomic E-state index is 0.208. The Hall–Kier alpha value is -1.35. The van der Waals surface area contributed by atoms with Crippen molar-refractivity contribution in [3.8, 4) is 0 Å². The van der Waals surface area contributed by atoms with Crippen LogP contribution in [-0.2, 0) is 16.6 Å². The van der Waals surface area contributed by atoms with Crippen molar-refractivity contribution in [2.45, 2.75) is 77.7 Å². The van der Waals surface area contributed by atoms with Gasteiger partial charge in [-0.1, -0.05) is 45.0 Å². The average Bonchev–Trinajstić information content (AvgIpc) is 2.58. The molecule has 1 saturated heterocycles. The maximum absolute atomic E-state index is 12.3. The first-order chi connectivity index (χ1) is 11.8. The number of piperidine rings is 1. The van der Waals surface area contributed by atoms with Crippen LogP contribution >= 0.6 is 0 Å². The van der Waals surface area contributed by atoms with E-state index in [4.69, 9.17) is 5.73 Å². The molecule has 0 spiro atoms. The fourth-order valence-corrected chi connectivity index (χ4v) is 3.61. The SMILES string of the molecule is CC(N)C1CCN(C(=O)CCCCc2ccc(C(C)(C)C)cc2)CC1. The van der Waals surface area contributed by atoms with Crippen molar-refractivity contribution in [3.05, 3.63) is 35.4 Å². The van der Waals surface area contributed by atoms with Gasteiger partial charge >= 0.3 is 0 Å². The topological polar surface area (TPSA) is 46.3 Å². The van der Waals surface area contributed by atoms with Crippen LogP contribution in [0, 0.1) is 5.92 Å². The number of carbonyl (C=O) groups is 1. The van der Waals surface area contributed by atoms with Gasteiger partial charge in [-0.2, -0.15) is 0 Å². The van der Waals surface area contributed by atoms with E-state index < -0.39 is 0 Å². The molecule has 0 radical (unpaired) electrons. The summed E-state index contributed by atoms with van der Waals surface area (Å²) in [5.41, 5.74) is 8.93. The fourth-order valence-electron chi connectivity index (χ4n) is 3.61. The zero-order valence-corrected chi connectivity index (χ0v) is 16.6. The van der Waals surface area contributed by atoms with Crippen molar-refractivity contribution in [2.24, 2.45) is 11.7 Å². The van der Waals surface area contributed by atoms with Gasteiger partial charge in [-0.05, 0) is 61.5 Å². The normalized spacial score (nSPS) is 17.6. The number of hydrogen-bond donors (Lipinski definition) is 1. The predicted octanol–water partition coefficient (Wildman–Crippen LogP) is 4.28. The lowest BCUT2D eigenvalue weighted by Crippen LogP contribution is -2.42. The molecule has 1 unspecified atom stereocenters. The van der Waals surface area contributed by atoms with E-state index in [9.17, 15) is 4.79 Å². The van der Waals surface area contributed by atoms with Crippen LogP contribution in [0.4, 0.5) is 0 Å². The third-order valence-electron chi connectivity index (χ3n) is 5.56. The minimum atomic E-state index is 0.208. The molecule has 2 N–H and O–H groups in total. The molecule has 2 rings (SSSR count). The monoisotopic (exact) mass is 344 g/mol. The molecule has 1 aromatic carbocycles. The summed E-state index contributed by atoms with van der Waals surface area (Å²) in [6.45, 7) is 10.6. The molecule has 0 aliphatic carbocycles. The second kappa shape index (κ2) is 8.84. The molecule has 1 atom stereocenters. The van der Waals surface area contributed by atoms with Crippen molar-refractivity contribution in [2.75, 3.05) is 13.1 Å². The number of benzene rings is 1. The Balaban J connectivity index is 1.67. The molecular weight excluding hydrogens is 308 g/mol. The van der Waals surface area contributed by atoms with Crippen LogP contribution in [0.15, 0.2) is 24.3 Å². The summed E-state index contributed by atoms with van der Waals surface area (Å²) in [6.07, 6.45) is 5.92. The van der Waals surface area contributed by atoms with E-state index in [2.05, 4.69) is 52.0 Å². The van der Waals surface area contributed by atoms with Crippen molar-refractivity contribution in [3.63, 3.8) is 0 Å². The van der Waals surface area contributed by atoms with Crippen LogP contribution in [0.25, 0.3) is 0 Å². The van der Waals surface area contributed by atoms with E-state index >= 15 is 0 Å². The van der Waals surface area contributed by atoms with E-state index in [0.29, 0.717) is 18.2 Å². The Kier molecular flexibility index (Phi) is 7.06. The van der Waals surface area contributed by atoms with Crippen molar-refractivity contribution < 1.29 is 4.79 Å². The molecule has 0 saturated carbocycles. The Bertz CT molecular complexity index is 534. The van der Waals surface area contributed by atoms with Crippen LogP contribution < -0.4 is 5.73 Å². The average molecular weight is 345 g/mol. The molecule has 140 valence electrons. The van der Waals surface area contributed by atoms with E-state index in [1.54, 1.807) is 0 Å². The smallest absolute Gasteiger partial charge is 0.222 e. The molecule has 0 bridgehead atoms. The highest BCUT2D eigenvalue weighted by atomic mass is 16.2. The first-order valence-corrected chi connectivity index (χ1v) is 9.90. The lowest BCUT2D eigenvalue weighted by Gasteiger charge is -2.33. The molecule has 0 aromatic heterocycles. The van der Waals surface area contributed by atoms with Gasteiger partial charge in [-0.3, -0.25) is 4.79 Å². The third kappa shape index (κ3) is 6.14. The molecule has 25 heavy (non-hydrogen) atoms. The molecule has 1 aliphatic rings. The standard InChI is InChI=1S/C22H36N2O/c1-17(23)19-13-15-24(16-14-19)21(25)8-6-5-7-18-9-11-20(12-10-18)22(2,3)4/h9-12,17,19H,5-8,13-16,23H2,1-4H3. The van der Waals surface area contributed by atoms with E-state index in [1.807, 2.05) is 4.90 Å². The number of amides is 1. The zero-order chi connectivity index (χ0) is 18.4. The fraction of sp³-hybridized carbons (Fsp3) is 0.682. The molecular formula is C22H36N2O. The van der Waals surface area contributed by atoms with Crippen LogP contribution in [0.3, 0.4) is 0 Å².